The van der Waals surface area contributed by atoms with Gasteiger partial charge in [-0.25, -0.2) is 4.79 Å². The number of carbonyl (C=O) groups excluding carboxylic acids is 1. The van der Waals surface area contributed by atoms with Gasteiger partial charge in [-0.3, -0.25) is 4.98 Å². The first kappa shape index (κ1) is 22.1. The summed E-state index contributed by atoms with van der Waals surface area (Å²) in [6, 6.07) is 4.49. The van der Waals surface area contributed by atoms with Crippen LogP contribution >= 0.6 is 0 Å². The Balaban J connectivity index is 1.34. The molecule has 1 fully saturated rings. The summed E-state index contributed by atoms with van der Waals surface area (Å²) in [6.45, 7) is 12.5. The molecule has 0 spiro atoms. The molecular weight excluding hydrogens is 364 g/mol. The topological polar surface area (TPSA) is 51.7 Å². The molecule has 1 amide bonds. The largest absolute Gasteiger partial charge is 0.444 e. The lowest BCUT2D eigenvalue weighted by atomic mass is 9.76. The van der Waals surface area contributed by atoms with Crippen LogP contribution in [-0.2, 0) is 28.7 Å². The fraction of sp³-hybridized carbons (Fsp3) is 0.750. The van der Waals surface area contributed by atoms with Crippen LogP contribution in [0.5, 0.6) is 0 Å². The van der Waals surface area contributed by atoms with Crippen LogP contribution < -0.4 is 0 Å². The van der Waals surface area contributed by atoms with Crippen molar-refractivity contribution in [2.24, 2.45) is 5.41 Å². The Hall–Kier alpha value is -1.62. The van der Waals surface area contributed by atoms with E-state index in [1.54, 1.807) is 4.90 Å². The summed E-state index contributed by atoms with van der Waals surface area (Å²) < 4.78 is 11.4. The van der Waals surface area contributed by atoms with Crippen molar-refractivity contribution in [3.05, 3.63) is 29.1 Å². The molecule has 29 heavy (non-hydrogen) atoms. The zero-order valence-electron chi connectivity index (χ0n) is 18.9. The maximum atomic E-state index is 12.1. The van der Waals surface area contributed by atoms with Gasteiger partial charge in [0, 0.05) is 24.5 Å². The molecule has 1 aliphatic heterocycles. The number of likely N-dealkylation sites (tertiary alicyclic amines) is 1. The standard InChI is InChI=1S/C24H38N2O3/c1-23(2,3)29-22(27)26-14-12-20(17-26)28-15-7-6-8-19-10-9-18-11-13-24(4,5)16-21(18)25-19/h9-10,20H,6-8,11-17H2,1-5H3/t20-/m1/s1. The molecule has 1 atom stereocenters. The maximum Gasteiger partial charge on any atom is 0.410 e. The second-order valence-electron chi connectivity index (χ2n) is 10.4. The smallest absolute Gasteiger partial charge is 0.410 e. The molecule has 3 rings (SSSR count). The molecule has 162 valence electrons. The Morgan fingerprint density at radius 1 is 1.28 bits per heavy atom. The highest BCUT2D eigenvalue weighted by atomic mass is 16.6. The van der Waals surface area contributed by atoms with Crippen molar-refractivity contribution in [2.45, 2.75) is 91.3 Å². The van der Waals surface area contributed by atoms with Crippen molar-refractivity contribution in [1.82, 2.24) is 9.88 Å². The number of aryl methyl sites for hydroxylation is 2. The highest BCUT2D eigenvalue weighted by Crippen LogP contribution is 2.33. The zero-order chi connectivity index (χ0) is 21.1. The Morgan fingerprint density at radius 3 is 2.83 bits per heavy atom. The van der Waals surface area contributed by atoms with Crippen LogP contribution in [0.25, 0.3) is 0 Å². The number of hydrogen-bond donors (Lipinski definition) is 0. The fourth-order valence-electron chi connectivity index (χ4n) is 4.12. The van der Waals surface area contributed by atoms with Gasteiger partial charge in [0.2, 0.25) is 0 Å². The number of hydrogen-bond acceptors (Lipinski definition) is 4. The molecule has 0 bridgehead atoms. The molecule has 1 aliphatic carbocycles. The number of aromatic nitrogens is 1. The first-order valence-corrected chi connectivity index (χ1v) is 11.2. The Morgan fingerprint density at radius 2 is 2.07 bits per heavy atom. The van der Waals surface area contributed by atoms with Gasteiger partial charge in [0.15, 0.2) is 0 Å². The zero-order valence-corrected chi connectivity index (χ0v) is 18.9. The highest BCUT2D eigenvalue weighted by molar-refractivity contribution is 5.68. The third kappa shape index (κ3) is 6.70. The van der Waals surface area contributed by atoms with E-state index in [-0.39, 0.29) is 12.2 Å². The minimum atomic E-state index is -0.448. The molecule has 5 heteroatoms. The van der Waals surface area contributed by atoms with E-state index in [1.807, 2.05) is 20.8 Å². The van der Waals surface area contributed by atoms with Crippen LogP contribution in [0.3, 0.4) is 0 Å². The van der Waals surface area contributed by atoms with Crippen molar-refractivity contribution >= 4 is 6.09 Å². The molecule has 0 N–H and O–H groups in total. The number of rotatable bonds is 6. The van der Waals surface area contributed by atoms with Gasteiger partial charge < -0.3 is 14.4 Å². The minimum Gasteiger partial charge on any atom is -0.444 e. The van der Waals surface area contributed by atoms with E-state index in [1.165, 1.54) is 23.4 Å². The van der Waals surface area contributed by atoms with E-state index in [9.17, 15) is 4.79 Å². The highest BCUT2D eigenvalue weighted by Gasteiger charge is 2.30. The Kier molecular flexibility index (Phi) is 6.87. The van der Waals surface area contributed by atoms with Crippen LogP contribution in [0.4, 0.5) is 4.79 Å². The summed E-state index contributed by atoms with van der Waals surface area (Å²) in [5, 5.41) is 0. The number of carbonyl (C=O) groups is 1. The molecule has 2 heterocycles. The van der Waals surface area contributed by atoms with Crippen LogP contribution in [0.15, 0.2) is 12.1 Å². The van der Waals surface area contributed by atoms with Gasteiger partial charge in [-0.05, 0) is 82.8 Å². The van der Waals surface area contributed by atoms with E-state index in [4.69, 9.17) is 14.5 Å². The minimum absolute atomic E-state index is 0.131. The lowest BCUT2D eigenvalue weighted by Crippen LogP contribution is -2.36. The number of amides is 1. The fourth-order valence-corrected chi connectivity index (χ4v) is 4.12. The number of fused-ring (bicyclic) bond motifs is 1. The molecule has 1 aromatic heterocycles. The first-order chi connectivity index (χ1) is 13.6. The second kappa shape index (κ2) is 9.03. The van der Waals surface area contributed by atoms with Gasteiger partial charge in [-0.2, -0.15) is 0 Å². The van der Waals surface area contributed by atoms with Gasteiger partial charge in [0.25, 0.3) is 0 Å². The number of ether oxygens (including phenoxy) is 2. The molecular formula is C24H38N2O3. The SMILES string of the molecule is CC1(C)CCc2ccc(CCCCO[C@@H]3CCN(C(=O)OC(C)(C)C)C3)nc2C1. The quantitative estimate of drug-likeness (QED) is 0.632. The normalized spacial score (nSPS) is 21.1. The van der Waals surface area contributed by atoms with Crippen molar-refractivity contribution in [3.8, 4) is 0 Å². The summed E-state index contributed by atoms with van der Waals surface area (Å²) in [5.41, 5.74) is 3.88. The summed E-state index contributed by atoms with van der Waals surface area (Å²) in [7, 11) is 0. The monoisotopic (exact) mass is 402 g/mol. The molecule has 0 saturated carbocycles. The van der Waals surface area contributed by atoms with Gasteiger partial charge in [-0.1, -0.05) is 19.9 Å². The summed E-state index contributed by atoms with van der Waals surface area (Å²) in [5.74, 6) is 0. The van der Waals surface area contributed by atoms with Gasteiger partial charge in [0.05, 0.1) is 12.6 Å². The number of unbranched alkanes of at least 4 members (excludes halogenated alkanes) is 1. The molecule has 1 aromatic rings. The van der Waals surface area contributed by atoms with Gasteiger partial charge in [0.1, 0.15) is 5.60 Å². The molecule has 0 aromatic carbocycles. The number of pyridine rings is 1. The average molecular weight is 403 g/mol. The van der Waals surface area contributed by atoms with E-state index in [0.717, 1.165) is 51.7 Å². The van der Waals surface area contributed by atoms with Crippen molar-refractivity contribution in [1.29, 1.82) is 0 Å². The van der Waals surface area contributed by atoms with Crippen molar-refractivity contribution < 1.29 is 14.3 Å². The molecule has 2 aliphatic rings. The predicted octanol–water partition coefficient (Wildman–Crippen LogP) is 4.95. The second-order valence-corrected chi connectivity index (χ2v) is 10.4. The first-order valence-electron chi connectivity index (χ1n) is 11.2. The van der Waals surface area contributed by atoms with Gasteiger partial charge >= 0.3 is 6.09 Å². The van der Waals surface area contributed by atoms with E-state index < -0.39 is 5.60 Å². The van der Waals surface area contributed by atoms with Crippen LogP contribution in [0.1, 0.15) is 77.3 Å². The summed E-state index contributed by atoms with van der Waals surface area (Å²) >= 11 is 0. The lowest BCUT2D eigenvalue weighted by molar-refractivity contribution is 0.0206. The lowest BCUT2D eigenvalue weighted by Gasteiger charge is -2.30. The average Bonchev–Trinajstić information content (AvgIpc) is 3.08. The molecule has 0 radical (unpaired) electrons. The number of nitrogens with zero attached hydrogens (tertiary/aromatic N) is 2. The third-order valence-electron chi connectivity index (χ3n) is 5.82. The molecule has 1 saturated heterocycles. The van der Waals surface area contributed by atoms with Crippen molar-refractivity contribution in [3.63, 3.8) is 0 Å². The Labute approximate surface area is 176 Å². The van der Waals surface area contributed by atoms with E-state index in [0.29, 0.717) is 12.0 Å². The van der Waals surface area contributed by atoms with Crippen molar-refractivity contribution in [2.75, 3.05) is 19.7 Å². The third-order valence-corrected chi connectivity index (χ3v) is 5.82. The van der Waals surface area contributed by atoms with E-state index in [2.05, 4.69) is 26.0 Å². The summed E-state index contributed by atoms with van der Waals surface area (Å²) in [4.78, 5) is 18.8. The van der Waals surface area contributed by atoms with E-state index >= 15 is 0 Å². The van der Waals surface area contributed by atoms with Crippen LogP contribution in [0, 0.1) is 5.41 Å². The molecule has 5 nitrogen and oxygen atoms in total. The maximum absolute atomic E-state index is 12.1. The Bertz CT molecular complexity index is 709. The summed E-state index contributed by atoms with van der Waals surface area (Å²) in [6.07, 6.45) is 7.40. The van der Waals surface area contributed by atoms with Gasteiger partial charge in [-0.15, -0.1) is 0 Å². The predicted molar refractivity (Wildman–Crippen MR) is 115 cm³/mol. The van der Waals surface area contributed by atoms with Crippen LogP contribution in [-0.4, -0.2) is 47.4 Å². The molecule has 0 unspecified atom stereocenters. The van der Waals surface area contributed by atoms with Crippen LogP contribution in [0.2, 0.25) is 0 Å².